The van der Waals surface area contributed by atoms with Crippen LogP contribution in [-0.2, 0) is 6.54 Å². The maximum atomic E-state index is 13.4. The van der Waals surface area contributed by atoms with Crippen LogP contribution in [0.15, 0.2) is 52.9 Å². The van der Waals surface area contributed by atoms with Gasteiger partial charge in [-0.2, -0.15) is 0 Å². The summed E-state index contributed by atoms with van der Waals surface area (Å²) >= 11 is 0. The standard InChI is InChI=1S/C20H21FN2O2/c1-13-17-11-16(21)9-10-18(17)25-19(13)14(2)22-20(24)23(3)12-15-7-5-4-6-8-15/h4-11,14H,12H2,1-3H3,(H,22,24). The van der Waals surface area contributed by atoms with Gasteiger partial charge in [0.15, 0.2) is 0 Å². The van der Waals surface area contributed by atoms with E-state index in [1.807, 2.05) is 44.2 Å². The molecule has 1 heterocycles. The molecule has 0 saturated heterocycles. The number of benzene rings is 2. The maximum Gasteiger partial charge on any atom is 0.318 e. The molecule has 1 unspecified atom stereocenters. The zero-order valence-corrected chi connectivity index (χ0v) is 14.5. The SMILES string of the molecule is Cc1c(C(C)NC(=O)N(C)Cc2ccccc2)oc2ccc(F)cc12. The van der Waals surface area contributed by atoms with E-state index in [9.17, 15) is 9.18 Å². The van der Waals surface area contributed by atoms with Crippen LogP contribution >= 0.6 is 0 Å². The normalized spacial score (nSPS) is 12.2. The molecular formula is C20H21FN2O2. The van der Waals surface area contributed by atoms with Gasteiger partial charge in [0, 0.05) is 24.5 Å². The number of furan rings is 1. The van der Waals surface area contributed by atoms with Gasteiger partial charge < -0.3 is 14.6 Å². The molecule has 0 saturated carbocycles. The summed E-state index contributed by atoms with van der Waals surface area (Å²) in [7, 11) is 1.75. The first-order valence-electron chi connectivity index (χ1n) is 8.20. The van der Waals surface area contributed by atoms with Crippen LogP contribution < -0.4 is 5.32 Å². The minimum Gasteiger partial charge on any atom is -0.459 e. The van der Waals surface area contributed by atoms with Crippen molar-refractivity contribution in [2.24, 2.45) is 0 Å². The van der Waals surface area contributed by atoms with Gasteiger partial charge in [-0.1, -0.05) is 30.3 Å². The van der Waals surface area contributed by atoms with Gasteiger partial charge in [0.05, 0.1) is 6.04 Å². The zero-order chi connectivity index (χ0) is 18.0. The Kier molecular flexibility index (Phi) is 4.74. The lowest BCUT2D eigenvalue weighted by Gasteiger charge is -2.21. The molecule has 0 aliphatic rings. The highest BCUT2D eigenvalue weighted by Crippen LogP contribution is 2.30. The topological polar surface area (TPSA) is 45.5 Å². The van der Waals surface area contributed by atoms with Crippen LogP contribution in [0.3, 0.4) is 0 Å². The molecular weight excluding hydrogens is 319 g/mol. The Morgan fingerprint density at radius 3 is 2.68 bits per heavy atom. The molecule has 0 radical (unpaired) electrons. The number of amides is 2. The van der Waals surface area contributed by atoms with Crippen LogP contribution in [0, 0.1) is 12.7 Å². The molecule has 3 aromatic rings. The number of fused-ring (bicyclic) bond motifs is 1. The molecule has 0 aliphatic heterocycles. The van der Waals surface area contributed by atoms with E-state index in [1.165, 1.54) is 12.1 Å². The van der Waals surface area contributed by atoms with Crippen molar-refractivity contribution in [3.63, 3.8) is 0 Å². The summed E-state index contributed by atoms with van der Waals surface area (Å²) in [5, 5.41) is 3.66. The van der Waals surface area contributed by atoms with Crippen LogP contribution in [0.5, 0.6) is 0 Å². The highest BCUT2D eigenvalue weighted by Gasteiger charge is 2.20. The van der Waals surface area contributed by atoms with E-state index in [0.717, 1.165) is 16.5 Å². The summed E-state index contributed by atoms with van der Waals surface area (Å²) in [6, 6.07) is 13.7. The molecule has 3 rings (SSSR count). The second-order valence-electron chi connectivity index (χ2n) is 6.24. The number of hydrogen-bond acceptors (Lipinski definition) is 2. The van der Waals surface area contributed by atoms with Gasteiger partial charge in [-0.25, -0.2) is 9.18 Å². The molecule has 1 N–H and O–H groups in total. The number of aryl methyl sites for hydroxylation is 1. The molecule has 1 aromatic heterocycles. The molecule has 2 aromatic carbocycles. The maximum absolute atomic E-state index is 13.4. The van der Waals surface area contributed by atoms with Crippen molar-refractivity contribution in [3.05, 3.63) is 71.2 Å². The lowest BCUT2D eigenvalue weighted by molar-refractivity contribution is 0.202. The average Bonchev–Trinajstić information content (AvgIpc) is 2.92. The minimum atomic E-state index is -0.318. The predicted molar refractivity (Wildman–Crippen MR) is 95.8 cm³/mol. The molecule has 0 bridgehead atoms. The van der Waals surface area contributed by atoms with E-state index >= 15 is 0 Å². The monoisotopic (exact) mass is 340 g/mol. The average molecular weight is 340 g/mol. The van der Waals surface area contributed by atoms with Crippen molar-refractivity contribution in [2.45, 2.75) is 26.4 Å². The van der Waals surface area contributed by atoms with Gasteiger partial charge >= 0.3 is 6.03 Å². The van der Waals surface area contributed by atoms with E-state index in [4.69, 9.17) is 4.42 Å². The Hall–Kier alpha value is -2.82. The number of hydrogen-bond donors (Lipinski definition) is 1. The molecule has 25 heavy (non-hydrogen) atoms. The van der Waals surface area contributed by atoms with E-state index < -0.39 is 0 Å². The van der Waals surface area contributed by atoms with Crippen molar-refractivity contribution < 1.29 is 13.6 Å². The quantitative estimate of drug-likeness (QED) is 0.743. The van der Waals surface area contributed by atoms with E-state index in [2.05, 4.69) is 5.32 Å². The summed E-state index contributed by atoms with van der Waals surface area (Å²) in [5.74, 6) is 0.337. The van der Waals surface area contributed by atoms with Crippen LogP contribution in [0.2, 0.25) is 0 Å². The highest BCUT2D eigenvalue weighted by atomic mass is 19.1. The Labute approximate surface area is 146 Å². The molecule has 0 fully saturated rings. The number of nitrogens with one attached hydrogen (secondary N) is 1. The Morgan fingerprint density at radius 2 is 1.96 bits per heavy atom. The van der Waals surface area contributed by atoms with Crippen molar-refractivity contribution in [2.75, 3.05) is 7.05 Å². The van der Waals surface area contributed by atoms with Gasteiger partial charge in [0.25, 0.3) is 0 Å². The number of nitrogens with zero attached hydrogens (tertiary/aromatic N) is 1. The fourth-order valence-electron chi connectivity index (χ4n) is 2.92. The van der Waals surface area contributed by atoms with Gasteiger partial charge in [0.1, 0.15) is 17.2 Å². The van der Waals surface area contributed by atoms with Gasteiger partial charge in [0.2, 0.25) is 0 Å². The van der Waals surface area contributed by atoms with Crippen molar-refractivity contribution in [1.29, 1.82) is 0 Å². The van der Waals surface area contributed by atoms with Crippen LogP contribution in [0.4, 0.5) is 9.18 Å². The first kappa shape index (κ1) is 17.0. The first-order valence-corrected chi connectivity index (χ1v) is 8.20. The van der Waals surface area contributed by atoms with Crippen LogP contribution in [0.1, 0.15) is 29.9 Å². The van der Waals surface area contributed by atoms with E-state index in [1.54, 1.807) is 18.0 Å². The lowest BCUT2D eigenvalue weighted by Crippen LogP contribution is -2.38. The lowest BCUT2D eigenvalue weighted by atomic mass is 10.1. The zero-order valence-electron chi connectivity index (χ0n) is 14.5. The number of halogens is 1. The third-order valence-corrected chi connectivity index (χ3v) is 4.28. The van der Waals surface area contributed by atoms with Crippen LogP contribution in [-0.4, -0.2) is 18.0 Å². The Bertz CT molecular complexity index is 889. The molecule has 0 spiro atoms. The second kappa shape index (κ2) is 6.97. The second-order valence-corrected chi connectivity index (χ2v) is 6.24. The third-order valence-electron chi connectivity index (χ3n) is 4.28. The number of urea groups is 1. The number of carbonyl (C=O) groups is 1. The largest absolute Gasteiger partial charge is 0.459 e. The molecule has 1 atom stereocenters. The highest BCUT2D eigenvalue weighted by molar-refractivity contribution is 5.82. The molecule has 5 heteroatoms. The van der Waals surface area contributed by atoms with Crippen molar-refractivity contribution in [3.8, 4) is 0 Å². The summed E-state index contributed by atoms with van der Waals surface area (Å²) in [6.45, 7) is 4.25. The molecule has 0 aliphatic carbocycles. The first-order chi connectivity index (χ1) is 12.0. The predicted octanol–water partition coefficient (Wildman–Crippen LogP) is 4.78. The Morgan fingerprint density at radius 1 is 1.24 bits per heavy atom. The minimum absolute atomic E-state index is 0.192. The van der Waals surface area contributed by atoms with Crippen molar-refractivity contribution >= 4 is 17.0 Å². The summed E-state index contributed by atoms with van der Waals surface area (Å²) < 4.78 is 19.2. The summed E-state index contributed by atoms with van der Waals surface area (Å²) in [4.78, 5) is 14.0. The fraction of sp³-hybridized carbons (Fsp3) is 0.250. The van der Waals surface area contributed by atoms with Gasteiger partial charge in [-0.05, 0) is 37.6 Å². The van der Waals surface area contributed by atoms with Gasteiger partial charge in [-0.15, -0.1) is 0 Å². The van der Waals surface area contributed by atoms with Gasteiger partial charge in [-0.3, -0.25) is 0 Å². The summed E-state index contributed by atoms with van der Waals surface area (Å²) in [5.41, 5.74) is 2.52. The summed E-state index contributed by atoms with van der Waals surface area (Å²) in [6.07, 6.45) is 0. The van der Waals surface area contributed by atoms with E-state index in [0.29, 0.717) is 17.9 Å². The number of rotatable bonds is 4. The van der Waals surface area contributed by atoms with E-state index in [-0.39, 0.29) is 17.9 Å². The smallest absolute Gasteiger partial charge is 0.318 e. The molecule has 4 nitrogen and oxygen atoms in total. The fourth-order valence-corrected chi connectivity index (χ4v) is 2.92. The third kappa shape index (κ3) is 3.65. The van der Waals surface area contributed by atoms with Crippen molar-refractivity contribution in [1.82, 2.24) is 10.2 Å². The molecule has 130 valence electrons. The van der Waals surface area contributed by atoms with Crippen LogP contribution in [0.25, 0.3) is 11.0 Å². The Balaban J connectivity index is 1.72. The molecule has 2 amide bonds. The number of carbonyl (C=O) groups excluding carboxylic acids is 1.